The number of aliphatic hydroxyl groups is 1. The molecule has 5 nitrogen and oxygen atoms in total. The lowest BCUT2D eigenvalue weighted by molar-refractivity contribution is -0.149. The van der Waals surface area contributed by atoms with Gasteiger partial charge in [-0.05, 0) is 24.3 Å². The maximum absolute atomic E-state index is 13.2. The highest BCUT2D eigenvalue weighted by atomic mass is 35.5. The molecule has 0 aromatic heterocycles. The van der Waals surface area contributed by atoms with Crippen LogP contribution in [0.4, 0.5) is 0 Å². The standard InChI is InChI=1S/C22H35ClN2O3/c1-14(2)18(24-19(26)15(3)4)20(27)25-12-11-22(28,21(5,6)13-25)16-7-9-17(23)10-8-16/h7-9,14-15,17-18,28H,10-13H2,1-6H3,(H,24,26)/t17?,18-,22+/m1/s1. The van der Waals surface area contributed by atoms with Gasteiger partial charge in [-0.1, -0.05) is 59.8 Å². The van der Waals surface area contributed by atoms with Crippen LogP contribution in [0.3, 0.4) is 0 Å². The lowest BCUT2D eigenvalue weighted by Gasteiger charge is -2.52. The molecule has 1 aliphatic carbocycles. The van der Waals surface area contributed by atoms with Gasteiger partial charge in [0.1, 0.15) is 6.04 Å². The predicted octanol–water partition coefficient (Wildman–Crippen LogP) is 3.27. The number of rotatable bonds is 5. The van der Waals surface area contributed by atoms with Crippen LogP contribution < -0.4 is 5.32 Å². The van der Waals surface area contributed by atoms with Crippen LogP contribution in [0.5, 0.6) is 0 Å². The molecule has 1 heterocycles. The first-order chi connectivity index (χ1) is 12.9. The fraction of sp³-hybridized carbons (Fsp3) is 0.727. The predicted molar refractivity (Wildman–Crippen MR) is 113 cm³/mol. The molecule has 1 unspecified atom stereocenters. The van der Waals surface area contributed by atoms with E-state index < -0.39 is 17.1 Å². The monoisotopic (exact) mass is 410 g/mol. The Labute approximate surface area is 174 Å². The number of hydrogen-bond acceptors (Lipinski definition) is 3. The second-order valence-electron chi connectivity index (χ2n) is 9.41. The van der Waals surface area contributed by atoms with Gasteiger partial charge in [-0.2, -0.15) is 0 Å². The number of carbonyl (C=O) groups is 2. The molecule has 0 spiro atoms. The van der Waals surface area contributed by atoms with Gasteiger partial charge in [0.2, 0.25) is 11.8 Å². The van der Waals surface area contributed by atoms with E-state index in [1.807, 2.05) is 59.8 Å². The minimum absolute atomic E-state index is 0.0104. The minimum Gasteiger partial charge on any atom is -0.384 e. The van der Waals surface area contributed by atoms with Gasteiger partial charge in [-0.25, -0.2) is 0 Å². The van der Waals surface area contributed by atoms with Crippen LogP contribution in [0, 0.1) is 17.3 Å². The topological polar surface area (TPSA) is 69.6 Å². The van der Waals surface area contributed by atoms with Gasteiger partial charge < -0.3 is 15.3 Å². The number of likely N-dealkylation sites (tertiary alicyclic amines) is 1. The Hall–Kier alpha value is -1.33. The molecular weight excluding hydrogens is 376 g/mol. The van der Waals surface area contributed by atoms with E-state index in [9.17, 15) is 14.7 Å². The van der Waals surface area contributed by atoms with Gasteiger partial charge in [-0.15, -0.1) is 11.6 Å². The number of carbonyl (C=O) groups excluding carboxylic acids is 2. The van der Waals surface area contributed by atoms with Gasteiger partial charge >= 0.3 is 0 Å². The van der Waals surface area contributed by atoms with Crippen molar-refractivity contribution in [3.8, 4) is 0 Å². The van der Waals surface area contributed by atoms with Crippen LogP contribution in [-0.2, 0) is 9.59 Å². The van der Waals surface area contributed by atoms with Gasteiger partial charge in [0.05, 0.1) is 11.0 Å². The largest absolute Gasteiger partial charge is 0.384 e. The number of nitrogens with zero attached hydrogens (tertiary/aromatic N) is 1. The number of piperidine rings is 1. The molecule has 1 saturated heterocycles. The Kier molecular flexibility index (Phi) is 7.03. The number of nitrogens with one attached hydrogen (secondary N) is 1. The lowest BCUT2D eigenvalue weighted by Crippen LogP contribution is -2.62. The summed E-state index contributed by atoms with van der Waals surface area (Å²) in [6.45, 7) is 12.4. The first-order valence-electron chi connectivity index (χ1n) is 10.2. The molecule has 0 radical (unpaired) electrons. The van der Waals surface area contributed by atoms with Crippen molar-refractivity contribution in [3.63, 3.8) is 0 Å². The third-order valence-corrected chi connectivity index (χ3v) is 6.36. The quantitative estimate of drug-likeness (QED) is 0.683. The van der Waals surface area contributed by atoms with Gasteiger partial charge in [0.15, 0.2) is 0 Å². The fourth-order valence-corrected chi connectivity index (χ4v) is 4.14. The zero-order valence-corrected chi connectivity index (χ0v) is 18.7. The molecule has 1 fully saturated rings. The summed E-state index contributed by atoms with van der Waals surface area (Å²) in [5.74, 6) is -0.377. The van der Waals surface area contributed by atoms with Gasteiger partial charge in [-0.3, -0.25) is 9.59 Å². The summed E-state index contributed by atoms with van der Waals surface area (Å²) in [5, 5.41) is 14.4. The molecule has 158 valence electrons. The minimum atomic E-state index is -1.01. The number of alkyl halides is 1. The summed E-state index contributed by atoms with van der Waals surface area (Å²) in [7, 11) is 0. The maximum atomic E-state index is 13.2. The first-order valence-corrected chi connectivity index (χ1v) is 10.7. The fourth-order valence-electron chi connectivity index (χ4n) is 3.98. The Morgan fingerprint density at radius 1 is 1.29 bits per heavy atom. The number of halogens is 1. The number of amides is 2. The van der Waals surface area contributed by atoms with Gasteiger partial charge in [0, 0.05) is 24.4 Å². The van der Waals surface area contributed by atoms with Crippen molar-refractivity contribution in [1.29, 1.82) is 0 Å². The van der Waals surface area contributed by atoms with Crippen LogP contribution in [0.25, 0.3) is 0 Å². The molecule has 28 heavy (non-hydrogen) atoms. The molecule has 0 saturated carbocycles. The molecule has 2 amide bonds. The highest BCUT2D eigenvalue weighted by Gasteiger charge is 2.51. The average molecular weight is 411 g/mol. The van der Waals surface area contributed by atoms with Crippen LogP contribution in [-0.4, -0.2) is 51.9 Å². The van der Waals surface area contributed by atoms with E-state index in [0.29, 0.717) is 25.9 Å². The Bertz CT molecular complexity index is 669. The molecule has 6 heteroatoms. The van der Waals surface area contributed by atoms with Crippen LogP contribution in [0.2, 0.25) is 0 Å². The average Bonchev–Trinajstić information content (AvgIpc) is 2.61. The van der Waals surface area contributed by atoms with Crippen molar-refractivity contribution >= 4 is 23.4 Å². The second-order valence-corrected chi connectivity index (χ2v) is 9.97. The highest BCUT2D eigenvalue weighted by Crippen LogP contribution is 2.45. The van der Waals surface area contributed by atoms with Crippen molar-refractivity contribution in [2.45, 2.75) is 71.4 Å². The van der Waals surface area contributed by atoms with E-state index in [-0.39, 0.29) is 29.0 Å². The van der Waals surface area contributed by atoms with E-state index in [1.165, 1.54) is 0 Å². The van der Waals surface area contributed by atoms with E-state index in [0.717, 1.165) is 5.57 Å². The third-order valence-electron chi connectivity index (χ3n) is 6.04. The summed E-state index contributed by atoms with van der Waals surface area (Å²) < 4.78 is 0. The first kappa shape index (κ1) is 23.0. The Morgan fingerprint density at radius 2 is 1.93 bits per heavy atom. The van der Waals surface area contributed by atoms with E-state index in [4.69, 9.17) is 11.6 Å². The summed E-state index contributed by atoms with van der Waals surface area (Å²) in [6.07, 6.45) is 7.00. The van der Waals surface area contributed by atoms with E-state index in [1.54, 1.807) is 4.90 Å². The summed E-state index contributed by atoms with van der Waals surface area (Å²) >= 11 is 6.13. The molecule has 2 N–H and O–H groups in total. The smallest absolute Gasteiger partial charge is 0.245 e. The summed E-state index contributed by atoms with van der Waals surface area (Å²) in [4.78, 5) is 27.1. The third kappa shape index (κ3) is 4.62. The highest BCUT2D eigenvalue weighted by molar-refractivity contribution is 6.22. The van der Waals surface area contributed by atoms with Crippen LogP contribution in [0.15, 0.2) is 23.8 Å². The van der Waals surface area contributed by atoms with Crippen molar-refractivity contribution in [2.24, 2.45) is 17.3 Å². The molecular formula is C22H35ClN2O3. The van der Waals surface area contributed by atoms with Gasteiger partial charge in [0.25, 0.3) is 0 Å². The molecule has 0 bridgehead atoms. The number of allylic oxidation sites excluding steroid dienone is 2. The lowest BCUT2D eigenvalue weighted by atomic mass is 9.65. The molecule has 1 aliphatic heterocycles. The summed E-state index contributed by atoms with van der Waals surface area (Å²) in [6, 6.07) is -0.553. The number of hydrogen-bond donors (Lipinski definition) is 2. The van der Waals surface area contributed by atoms with Crippen molar-refractivity contribution in [3.05, 3.63) is 23.8 Å². The molecule has 0 aromatic carbocycles. The van der Waals surface area contributed by atoms with E-state index >= 15 is 0 Å². The normalized spacial score (nSPS) is 28.3. The van der Waals surface area contributed by atoms with Crippen LogP contribution in [0.1, 0.15) is 54.4 Å². The molecule has 3 atom stereocenters. The second kappa shape index (κ2) is 8.58. The summed E-state index contributed by atoms with van der Waals surface area (Å²) in [5.41, 5.74) is -0.652. The maximum Gasteiger partial charge on any atom is 0.245 e. The molecule has 0 aromatic rings. The Balaban J connectivity index is 2.17. The SMILES string of the molecule is CC(C)C(=O)N[C@@H](C(=O)N1CC[C@](O)(C2=CCC(Cl)C=C2)C(C)(C)C1)C(C)C. The van der Waals surface area contributed by atoms with E-state index in [2.05, 4.69) is 5.32 Å². The van der Waals surface area contributed by atoms with Crippen LogP contribution >= 0.6 is 11.6 Å². The Morgan fingerprint density at radius 3 is 2.39 bits per heavy atom. The van der Waals surface area contributed by atoms with Crippen molar-refractivity contribution in [2.75, 3.05) is 13.1 Å². The zero-order valence-electron chi connectivity index (χ0n) is 18.0. The van der Waals surface area contributed by atoms with Crippen molar-refractivity contribution < 1.29 is 14.7 Å². The zero-order chi connectivity index (χ0) is 21.3. The molecule has 2 rings (SSSR count). The van der Waals surface area contributed by atoms with Crippen molar-refractivity contribution in [1.82, 2.24) is 10.2 Å². The molecule has 2 aliphatic rings.